The number of nitrogens with zero attached hydrogens (tertiary/aromatic N) is 6. The van der Waals surface area contributed by atoms with E-state index in [9.17, 15) is 72.4 Å². The van der Waals surface area contributed by atoms with Crippen molar-refractivity contribution < 1.29 is 113 Å². The molecule has 22 N–H and O–H groups in total. The van der Waals surface area contributed by atoms with Crippen LogP contribution in [0.4, 0.5) is 0 Å². The monoisotopic (exact) mass is 1640 g/mol. The van der Waals surface area contributed by atoms with Gasteiger partial charge in [0.2, 0.25) is 53.2 Å². The fourth-order valence-electron chi connectivity index (χ4n) is 16.5. The molecule has 2 saturated heterocycles. The van der Waals surface area contributed by atoms with E-state index in [1.54, 1.807) is 11.5 Å². The van der Waals surface area contributed by atoms with Gasteiger partial charge in [0.15, 0.2) is 6.23 Å². The molecule has 8 rings (SSSR count). The smallest absolute Gasteiger partial charge is 0.790 e. The molecule has 39 heteroatoms. The zero-order valence-electron chi connectivity index (χ0n) is 64.0. The molecule has 36 nitrogen and oxygen atoms in total. The van der Waals surface area contributed by atoms with Crippen LogP contribution >= 0.6 is 7.82 Å². The zero-order valence-corrected chi connectivity index (χ0v) is 66.8. The average Bonchev–Trinajstić information content (AvgIpc) is 1.53. The molecule has 111 heavy (non-hydrogen) atoms. The number of primary amides is 6. The number of amides is 9. The molecule has 9 amide bonds. The third-order valence-electron chi connectivity index (χ3n) is 22.7. The molecule has 17 atom stereocenters. The van der Waals surface area contributed by atoms with Gasteiger partial charge in [-0.05, 0) is 125 Å². The van der Waals surface area contributed by atoms with Crippen molar-refractivity contribution in [2.24, 2.45) is 100 Å². The second-order valence-electron chi connectivity index (χ2n) is 30.9. The van der Waals surface area contributed by atoms with Crippen LogP contribution in [0.1, 0.15) is 163 Å². The number of benzene rings is 1. The normalized spacial score (nSPS) is 30.1. The fraction of sp³-hybridized carbons (Fsp3) is 0.625. The van der Waals surface area contributed by atoms with Gasteiger partial charge in [-0.1, -0.05) is 40.7 Å². The number of allylic oxidation sites excluding steroid dienone is 6. The number of aromatic nitrogens is 2. The number of carboxylic acids is 2. The molecule has 1 radical (unpaired) electrons. The molecule has 6 aliphatic rings. The predicted molar refractivity (Wildman–Crippen MR) is 403 cm³/mol. The number of aliphatic hydroxyl groups excluding tert-OH is 2. The first-order valence-corrected chi connectivity index (χ1v) is 38.2. The van der Waals surface area contributed by atoms with E-state index in [-0.39, 0.29) is 113 Å². The van der Waals surface area contributed by atoms with Crippen LogP contribution in [0.25, 0.3) is 16.4 Å². The van der Waals surface area contributed by atoms with Gasteiger partial charge in [0.1, 0.15) is 30.9 Å². The molecule has 2 aromatic rings. The van der Waals surface area contributed by atoms with E-state index in [4.69, 9.17) is 84.4 Å². The molecule has 7 heterocycles. The average molecular weight is 1640 g/mol. The molecular formula is C72H105CoN16O20PS. The van der Waals surface area contributed by atoms with Crippen LogP contribution < -0.4 is 56.1 Å². The number of ether oxygens (including phenoxy) is 1. The first-order valence-electron chi connectivity index (χ1n) is 36.1. The van der Waals surface area contributed by atoms with Gasteiger partial charge in [-0.3, -0.25) is 76.8 Å². The van der Waals surface area contributed by atoms with Crippen LogP contribution in [-0.2, 0) is 100 Å². The second kappa shape index (κ2) is 36.7. The van der Waals surface area contributed by atoms with E-state index in [2.05, 4.69) is 33.6 Å². The van der Waals surface area contributed by atoms with Crippen LogP contribution in [0.5, 0.6) is 0 Å². The SMILES string of the molecule is C/C1=C2N=C(/C=C3N=C(/C(C)=C4\[N-]C(C(CC(N)=O)C4(C)CCC(=O)NCC(C)OP(=O)(O)OC4C(CO)OC(n5cnc6cc(C)c(C)cc65)C4O)C4(C)N=C1C(CCC(N)=O)C4(C)CC(N)=O)C(CCC(N)=O)C\3(C)C)C(CCC(N)=O)C/2(C)CC(N)=O.NC(CCC(=O)NC(C[S-])C(=O)NCC(=O)O)C(=O)O.[Co+2]. The third kappa shape index (κ3) is 20.4. The van der Waals surface area contributed by atoms with Gasteiger partial charge in [-0.15, -0.1) is 5.75 Å². The summed E-state index contributed by atoms with van der Waals surface area (Å²) in [6.07, 6.45) is -4.73. The van der Waals surface area contributed by atoms with Crippen molar-refractivity contribution in [3.8, 4) is 0 Å². The Hall–Kier alpha value is -8.30. The molecule has 0 spiro atoms. The Morgan fingerprint density at radius 1 is 0.757 bits per heavy atom. The van der Waals surface area contributed by atoms with E-state index in [0.717, 1.165) is 11.1 Å². The number of carboxylic acid groups (broad SMARTS) is 2. The number of fused-ring (bicyclic) bond motifs is 7. The number of carbonyl (C=O) groups excluding carboxylic acids is 9. The Bertz CT molecular complexity index is 4240. The first kappa shape index (κ1) is 91.6. The van der Waals surface area contributed by atoms with Crippen LogP contribution in [0.2, 0.25) is 0 Å². The second-order valence-corrected chi connectivity index (χ2v) is 32.6. The number of aliphatic imine (C=N–C) groups is 3. The van der Waals surface area contributed by atoms with Gasteiger partial charge in [-0.2, -0.15) is 5.70 Å². The van der Waals surface area contributed by atoms with Crippen LogP contribution in [0.3, 0.4) is 0 Å². The zero-order chi connectivity index (χ0) is 82.4. The Morgan fingerprint density at radius 2 is 1.35 bits per heavy atom. The minimum Gasteiger partial charge on any atom is -0.790 e. The number of phosphoric ester groups is 1. The summed E-state index contributed by atoms with van der Waals surface area (Å²) < 4.78 is 32.3. The topological polar surface area (TPSA) is 621 Å². The van der Waals surface area contributed by atoms with Crippen molar-refractivity contribution in [1.82, 2.24) is 25.5 Å². The van der Waals surface area contributed by atoms with Gasteiger partial charge in [-0.25, -0.2) is 9.55 Å². The Labute approximate surface area is 658 Å². The Balaban J connectivity index is 0.000000800. The molecule has 613 valence electrons. The Morgan fingerprint density at radius 3 is 1.91 bits per heavy atom. The summed E-state index contributed by atoms with van der Waals surface area (Å²) in [5.41, 5.74) is 42.0. The standard InChI is InChI=1S/C62H90N13O14P.C10H17N3O6S.Co/c1-29-20-39-40(21-30(29)2)75(28-70-39)57-52(84)53(41(27-76)87-57)89-90(85,86)88-31(3)26-69-49(83)18-19-59(8)37(22-46(66)80)56-62(11)61(10,25-48(68)82)36(14-17-45(65)79)51(74-62)33(5)55-60(9,24-47(67)81)34(12-15-43(63)77)38(71-55)23-42-58(6,7)35(13-16-44(64)78)50(72-42)32(4)54(59)73-56;11-5(10(18)19)1-2-7(14)13-6(4-20)9(17)12-3-8(15)16;/h20-21,23,28,31,34-37,41,52-53,56-57,76,84H,12-19,22,24-27H2,1-11H3,(H15,63,64,65,66,67,68,69,71,72,73,74,77,78,79,80,81,82,83,85,86);5-6,20H,1-4,11H2,(H,12,17)(H,13,14)(H,15,16)(H,18,19);/q;;+2/p-2. The van der Waals surface area contributed by atoms with E-state index < -0.39 is 186 Å². The number of aliphatic carboxylic acids is 2. The largest absolute Gasteiger partial charge is 2.00 e. The number of rotatable bonds is 35. The van der Waals surface area contributed by atoms with Gasteiger partial charge < -0.3 is 109 Å². The van der Waals surface area contributed by atoms with E-state index in [0.29, 0.717) is 56.4 Å². The molecule has 0 aliphatic carbocycles. The third-order valence-corrected chi connectivity index (χ3v) is 24.2. The first-order chi connectivity index (χ1) is 51.1. The summed E-state index contributed by atoms with van der Waals surface area (Å²) in [6, 6.07) is 0.477. The summed E-state index contributed by atoms with van der Waals surface area (Å²) in [5.74, 6) is -11.2. The van der Waals surface area contributed by atoms with Gasteiger partial charge in [0.25, 0.3) is 0 Å². The minimum absolute atomic E-state index is 0. The number of imidazole rings is 1. The number of hydrogen-bond donors (Lipinski definition) is 15. The molecule has 17 unspecified atom stereocenters. The van der Waals surface area contributed by atoms with Crippen molar-refractivity contribution in [2.45, 2.75) is 214 Å². The number of nitrogens with one attached hydrogen (secondary N) is 3. The minimum atomic E-state index is -5.07. The van der Waals surface area contributed by atoms with Crippen molar-refractivity contribution in [1.29, 1.82) is 0 Å². The van der Waals surface area contributed by atoms with E-state index >= 15 is 0 Å². The van der Waals surface area contributed by atoms with Crippen molar-refractivity contribution in [2.75, 3.05) is 25.4 Å². The quantitative estimate of drug-likeness (QED) is 0.0342. The molecule has 2 fully saturated rings. The fourth-order valence-corrected chi connectivity index (χ4v) is 17.9. The number of aliphatic hydroxyl groups is 2. The molecule has 8 bridgehead atoms. The molecule has 1 aromatic heterocycles. The summed E-state index contributed by atoms with van der Waals surface area (Å²) >= 11 is 4.68. The van der Waals surface area contributed by atoms with Gasteiger partial charge >= 0.3 is 36.5 Å². The molecule has 1 aromatic carbocycles. The number of nitrogens with two attached hydrogens (primary N) is 7. The summed E-state index contributed by atoms with van der Waals surface area (Å²) in [4.78, 5) is 169. The Kier molecular flexibility index (Phi) is 30.3. The summed E-state index contributed by atoms with van der Waals surface area (Å²) in [5, 5.41) is 51.5. The summed E-state index contributed by atoms with van der Waals surface area (Å²) in [6.45, 7) is 18.5. The van der Waals surface area contributed by atoms with Crippen LogP contribution in [0.15, 0.2) is 67.8 Å². The number of aryl methyl sites for hydroxylation is 2. The van der Waals surface area contributed by atoms with Gasteiger partial charge in [0.05, 0.1) is 47.3 Å². The predicted octanol–water partition coefficient (Wildman–Crippen LogP) is 1.36. The molecular weight excluding hydrogens is 1530 g/mol. The maximum atomic E-state index is 14.4. The van der Waals surface area contributed by atoms with E-state index in [1.807, 2.05) is 80.5 Å². The van der Waals surface area contributed by atoms with Crippen LogP contribution in [0, 0.1) is 59.2 Å². The van der Waals surface area contributed by atoms with Crippen molar-refractivity contribution in [3.63, 3.8) is 0 Å². The van der Waals surface area contributed by atoms with E-state index in [1.165, 1.54) is 13.3 Å². The number of hydrogen-bond acceptors (Lipinski definition) is 23. The summed E-state index contributed by atoms with van der Waals surface area (Å²) in [7, 11) is -5.07. The molecule has 6 aliphatic heterocycles. The number of phosphoric acid groups is 1. The van der Waals surface area contributed by atoms with Crippen molar-refractivity contribution >= 4 is 114 Å². The van der Waals surface area contributed by atoms with Crippen molar-refractivity contribution in [3.05, 3.63) is 69.2 Å². The molecule has 0 saturated carbocycles. The number of carbonyl (C=O) groups is 11. The van der Waals surface area contributed by atoms with Gasteiger partial charge in [0, 0.05) is 115 Å². The maximum Gasteiger partial charge on any atom is 2.00 e. The van der Waals surface area contributed by atoms with Crippen LogP contribution in [-0.4, -0.2) is 191 Å². The maximum absolute atomic E-state index is 14.4.